The molecule has 2 rings (SSSR count). The van der Waals surface area contributed by atoms with E-state index in [-0.39, 0.29) is 12.0 Å². The first kappa shape index (κ1) is 10.7. The summed E-state index contributed by atoms with van der Waals surface area (Å²) in [5, 5.41) is 0. The minimum atomic E-state index is -0.143. The molecule has 1 heterocycles. The molecule has 1 aromatic heterocycles. The van der Waals surface area contributed by atoms with Crippen LogP contribution in [-0.4, -0.2) is 36.0 Å². The van der Waals surface area contributed by atoms with Gasteiger partial charge in [-0.15, -0.1) is 0 Å². The second-order valence-corrected chi connectivity index (χ2v) is 4.12. The van der Waals surface area contributed by atoms with Gasteiger partial charge < -0.3 is 15.4 Å². The highest BCUT2D eigenvalue weighted by molar-refractivity contribution is 5.97. The summed E-state index contributed by atoms with van der Waals surface area (Å²) in [7, 11) is 3.37. The zero-order valence-corrected chi connectivity index (χ0v) is 9.43. The number of nitrogens with zero attached hydrogens (tertiary/aromatic N) is 2. The second kappa shape index (κ2) is 4.00. The average molecular weight is 221 g/mol. The van der Waals surface area contributed by atoms with E-state index in [9.17, 15) is 4.79 Å². The number of nitrogens with two attached hydrogens (primary N) is 1. The highest BCUT2D eigenvalue weighted by Gasteiger charge is 2.27. The monoisotopic (exact) mass is 221 g/mol. The van der Waals surface area contributed by atoms with Crippen LogP contribution < -0.4 is 10.5 Å². The molecule has 0 radical (unpaired) electrons. The van der Waals surface area contributed by atoms with Crippen LogP contribution in [0.1, 0.15) is 23.2 Å². The molecule has 5 nitrogen and oxygen atoms in total. The maximum Gasteiger partial charge on any atom is 0.258 e. The van der Waals surface area contributed by atoms with Gasteiger partial charge in [0.1, 0.15) is 5.56 Å². The summed E-state index contributed by atoms with van der Waals surface area (Å²) in [4.78, 5) is 17.3. The maximum atomic E-state index is 11.9. The highest BCUT2D eigenvalue weighted by atomic mass is 16.5. The quantitative estimate of drug-likeness (QED) is 0.823. The Morgan fingerprint density at radius 3 is 2.75 bits per heavy atom. The minimum absolute atomic E-state index is 0.143. The number of anilines is 1. The standard InChI is InChI=1S/C11H15N3O2/c1-14(2)11(15)8-5-13-6-9(12)10(8)16-7-3-4-7/h5-7H,3-4,12H2,1-2H3. The zero-order chi connectivity index (χ0) is 11.7. The summed E-state index contributed by atoms with van der Waals surface area (Å²) in [6.07, 6.45) is 5.26. The molecule has 0 saturated heterocycles. The Morgan fingerprint density at radius 2 is 2.19 bits per heavy atom. The van der Waals surface area contributed by atoms with Crippen LogP contribution in [0.3, 0.4) is 0 Å². The lowest BCUT2D eigenvalue weighted by Crippen LogP contribution is -2.23. The van der Waals surface area contributed by atoms with Crippen LogP contribution in [0.5, 0.6) is 5.75 Å². The molecule has 1 saturated carbocycles. The summed E-state index contributed by atoms with van der Waals surface area (Å²) in [6.45, 7) is 0. The molecule has 0 bridgehead atoms. The molecule has 0 aliphatic heterocycles. The highest BCUT2D eigenvalue weighted by Crippen LogP contribution is 2.33. The van der Waals surface area contributed by atoms with Crippen molar-refractivity contribution in [2.24, 2.45) is 0 Å². The molecule has 0 atom stereocenters. The number of carbonyl (C=O) groups excluding carboxylic acids is 1. The van der Waals surface area contributed by atoms with Gasteiger partial charge in [0, 0.05) is 20.3 Å². The van der Waals surface area contributed by atoms with E-state index in [1.807, 2.05) is 0 Å². The Morgan fingerprint density at radius 1 is 1.50 bits per heavy atom. The smallest absolute Gasteiger partial charge is 0.258 e. The van der Waals surface area contributed by atoms with Crippen molar-refractivity contribution in [3.63, 3.8) is 0 Å². The van der Waals surface area contributed by atoms with E-state index in [0.29, 0.717) is 17.0 Å². The molecule has 0 aromatic carbocycles. The van der Waals surface area contributed by atoms with Gasteiger partial charge in [-0.3, -0.25) is 9.78 Å². The third-order valence-corrected chi connectivity index (χ3v) is 2.37. The van der Waals surface area contributed by atoms with Gasteiger partial charge in [0.15, 0.2) is 5.75 Å². The molecule has 0 unspecified atom stereocenters. The molecule has 1 aliphatic carbocycles. The van der Waals surface area contributed by atoms with Crippen LogP contribution in [0.25, 0.3) is 0 Å². The lowest BCUT2D eigenvalue weighted by atomic mass is 10.2. The number of pyridine rings is 1. The van der Waals surface area contributed by atoms with E-state index < -0.39 is 0 Å². The van der Waals surface area contributed by atoms with Gasteiger partial charge in [0.05, 0.1) is 18.0 Å². The lowest BCUT2D eigenvalue weighted by Gasteiger charge is -2.15. The van der Waals surface area contributed by atoms with Crippen LogP contribution >= 0.6 is 0 Å². The number of nitrogen functional groups attached to an aromatic ring is 1. The van der Waals surface area contributed by atoms with Crippen LogP contribution in [0.15, 0.2) is 12.4 Å². The minimum Gasteiger partial charge on any atom is -0.487 e. The Labute approximate surface area is 94.2 Å². The van der Waals surface area contributed by atoms with Crippen molar-refractivity contribution in [1.29, 1.82) is 0 Å². The van der Waals surface area contributed by atoms with Crippen molar-refractivity contribution >= 4 is 11.6 Å². The third kappa shape index (κ3) is 2.08. The van der Waals surface area contributed by atoms with E-state index in [1.165, 1.54) is 17.3 Å². The molecule has 1 aromatic rings. The largest absolute Gasteiger partial charge is 0.487 e. The fourth-order valence-electron chi connectivity index (χ4n) is 1.34. The zero-order valence-electron chi connectivity index (χ0n) is 9.43. The molecule has 2 N–H and O–H groups in total. The Hall–Kier alpha value is -1.78. The molecule has 5 heteroatoms. The first-order chi connectivity index (χ1) is 7.59. The predicted molar refractivity (Wildman–Crippen MR) is 60.3 cm³/mol. The fraction of sp³-hybridized carbons (Fsp3) is 0.455. The van der Waals surface area contributed by atoms with Crippen molar-refractivity contribution < 1.29 is 9.53 Å². The second-order valence-electron chi connectivity index (χ2n) is 4.12. The topological polar surface area (TPSA) is 68.5 Å². The molecule has 1 amide bonds. The van der Waals surface area contributed by atoms with Crippen molar-refractivity contribution in [3.8, 4) is 5.75 Å². The fourth-order valence-corrected chi connectivity index (χ4v) is 1.34. The van der Waals surface area contributed by atoms with E-state index in [1.54, 1.807) is 14.1 Å². The molecular weight excluding hydrogens is 206 g/mol. The van der Waals surface area contributed by atoms with Crippen LogP contribution in [-0.2, 0) is 0 Å². The van der Waals surface area contributed by atoms with Gasteiger partial charge in [-0.05, 0) is 12.8 Å². The van der Waals surface area contributed by atoms with E-state index >= 15 is 0 Å². The van der Waals surface area contributed by atoms with Gasteiger partial charge in [0.2, 0.25) is 0 Å². The van der Waals surface area contributed by atoms with Crippen molar-refractivity contribution in [1.82, 2.24) is 9.88 Å². The molecule has 86 valence electrons. The summed E-state index contributed by atoms with van der Waals surface area (Å²) < 4.78 is 5.65. The van der Waals surface area contributed by atoms with Gasteiger partial charge in [-0.2, -0.15) is 0 Å². The number of rotatable bonds is 3. The molecule has 16 heavy (non-hydrogen) atoms. The van der Waals surface area contributed by atoms with E-state index in [4.69, 9.17) is 10.5 Å². The van der Waals surface area contributed by atoms with Crippen LogP contribution in [0, 0.1) is 0 Å². The van der Waals surface area contributed by atoms with Gasteiger partial charge in [0.25, 0.3) is 5.91 Å². The Bertz CT molecular complexity index is 414. The molecule has 0 spiro atoms. The summed E-state index contributed by atoms with van der Waals surface area (Å²) in [5.74, 6) is 0.326. The lowest BCUT2D eigenvalue weighted by molar-refractivity contribution is 0.0822. The summed E-state index contributed by atoms with van der Waals surface area (Å²) in [5.41, 5.74) is 6.62. The molecule has 1 fully saturated rings. The van der Waals surface area contributed by atoms with E-state index in [2.05, 4.69) is 4.98 Å². The van der Waals surface area contributed by atoms with Gasteiger partial charge in [-0.25, -0.2) is 0 Å². The van der Waals surface area contributed by atoms with Gasteiger partial charge >= 0.3 is 0 Å². The number of aromatic nitrogens is 1. The summed E-state index contributed by atoms with van der Waals surface area (Å²) >= 11 is 0. The third-order valence-electron chi connectivity index (χ3n) is 2.37. The summed E-state index contributed by atoms with van der Waals surface area (Å²) in [6, 6.07) is 0. The SMILES string of the molecule is CN(C)C(=O)c1cncc(N)c1OC1CC1. The number of carbonyl (C=O) groups is 1. The average Bonchev–Trinajstić information content (AvgIpc) is 3.03. The predicted octanol–water partition coefficient (Wildman–Crippen LogP) is 0.907. The van der Waals surface area contributed by atoms with Crippen molar-refractivity contribution in [2.75, 3.05) is 19.8 Å². The number of hydrogen-bond acceptors (Lipinski definition) is 4. The first-order valence-electron chi connectivity index (χ1n) is 5.21. The number of amides is 1. The normalized spacial score (nSPS) is 14.6. The maximum absolute atomic E-state index is 11.9. The Balaban J connectivity index is 2.34. The molecular formula is C11H15N3O2. The first-order valence-corrected chi connectivity index (χ1v) is 5.21. The Kier molecular flexibility index (Phi) is 2.68. The van der Waals surface area contributed by atoms with Crippen molar-refractivity contribution in [3.05, 3.63) is 18.0 Å². The van der Waals surface area contributed by atoms with Crippen molar-refractivity contribution in [2.45, 2.75) is 18.9 Å². The number of ether oxygens (including phenoxy) is 1. The van der Waals surface area contributed by atoms with E-state index in [0.717, 1.165) is 12.8 Å². The number of hydrogen-bond donors (Lipinski definition) is 1. The van der Waals surface area contributed by atoms with Gasteiger partial charge in [-0.1, -0.05) is 0 Å². The van der Waals surface area contributed by atoms with Crippen LogP contribution in [0.4, 0.5) is 5.69 Å². The van der Waals surface area contributed by atoms with Crippen LogP contribution in [0.2, 0.25) is 0 Å². The molecule has 1 aliphatic rings.